The summed E-state index contributed by atoms with van der Waals surface area (Å²) in [4.78, 5) is 45.3. The largest absolute Gasteiger partial charge is 0.488 e. The molecule has 5 rings (SSSR count). The lowest BCUT2D eigenvalue weighted by Gasteiger charge is -2.33. The van der Waals surface area contributed by atoms with E-state index >= 15 is 0 Å². The van der Waals surface area contributed by atoms with Gasteiger partial charge in [-0.25, -0.2) is 13.6 Å². The van der Waals surface area contributed by atoms with Crippen molar-refractivity contribution in [2.75, 3.05) is 52.7 Å². The predicted octanol–water partition coefficient (Wildman–Crippen LogP) is 6.48. The molecule has 3 aromatic rings. The molecule has 1 aliphatic carbocycles. The van der Waals surface area contributed by atoms with Gasteiger partial charge in [0.1, 0.15) is 13.2 Å². The Hall–Kier alpha value is -5.11. The topological polar surface area (TPSA) is 121 Å². The van der Waals surface area contributed by atoms with Crippen molar-refractivity contribution in [2.45, 2.75) is 51.5 Å². The number of halogens is 3. The summed E-state index contributed by atoms with van der Waals surface area (Å²) in [5.74, 6) is -4.36. The van der Waals surface area contributed by atoms with E-state index in [9.17, 15) is 32.9 Å². The van der Waals surface area contributed by atoms with Crippen LogP contribution in [-0.4, -0.2) is 85.6 Å². The minimum atomic E-state index is -1.36. The number of hydrogen-bond acceptors (Lipinski definition) is 8. The van der Waals surface area contributed by atoms with Gasteiger partial charge in [-0.1, -0.05) is 54.1 Å². The van der Waals surface area contributed by atoms with Crippen molar-refractivity contribution in [1.82, 2.24) is 9.80 Å². The van der Waals surface area contributed by atoms with Gasteiger partial charge in [0.05, 0.1) is 26.4 Å². The molecule has 1 saturated carbocycles. The average Bonchev–Trinajstić information content (AvgIpc) is 3.98. The number of rotatable bonds is 18. The molecule has 0 atom stereocenters. The Morgan fingerprint density at radius 1 is 0.885 bits per heavy atom. The summed E-state index contributed by atoms with van der Waals surface area (Å²) >= 11 is 0. The van der Waals surface area contributed by atoms with Gasteiger partial charge in [-0.3, -0.25) is 4.79 Å². The minimum absolute atomic E-state index is 0.0174. The first-order chi connectivity index (χ1) is 25.1. The third-order valence-corrected chi connectivity index (χ3v) is 8.91. The quantitative estimate of drug-likeness (QED) is 0.0633. The minimum Gasteiger partial charge on any atom is -0.488 e. The van der Waals surface area contributed by atoms with Crippen LogP contribution < -0.4 is 4.74 Å². The fraction of sp³-hybridized carbons (Fsp3) is 0.421. The number of ether oxygens (including phenoxy) is 3. The van der Waals surface area contributed by atoms with E-state index in [-0.39, 0.29) is 51.5 Å². The van der Waals surface area contributed by atoms with Crippen LogP contribution in [0, 0.1) is 34.5 Å². The van der Waals surface area contributed by atoms with Gasteiger partial charge in [-0.15, -0.1) is 10.1 Å². The van der Waals surface area contributed by atoms with Crippen LogP contribution in [0.3, 0.4) is 0 Å². The first kappa shape index (κ1) is 38.1. The molecule has 2 aliphatic rings. The smallest absolute Gasteiger partial charge is 0.410 e. The third-order valence-electron chi connectivity index (χ3n) is 8.91. The van der Waals surface area contributed by atoms with Crippen molar-refractivity contribution in [3.05, 3.63) is 116 Å². The van der Waals surface area contributed by atoms with Gasteiger partial charge in [-0.05, 0) is 79.8 Å². The van der Waals surface area contributed by atoms with Crippen LogP contribution in [0.15, 0.2) is 66.2 Å². The highest BCUT2D eigenvalue weighted by Crippen LogP contribution is 2.34. The van der Waals surface area contributed by atoms with E-state index in [1.54, 1.807) is 0 Å². The van der Waals surface area contributed by atoms with Crippen LogP contribution in [0.4, 0.5) is 18.0 Å². The molecule has 0 saturated heterocycles. The molecule has 0 radical (unpaired) electrons. The van der Waals surface area contributed by atoms with Crippen molar-refractivity contribution in [3.63, 3.8) is 0 Å². The maximum atomic E-state index is 14.4. The molecule has 3 aromatic carbocycles. The normalized spacial score (nSPS) is 14.3. The number of hydrogen-bond donors (Lipinski definition) is 0. The second-order valence-electron chi connectivity index (χ2n) is 12.7. The standard InChI is InChI=1S/C38H42F3N3O8/c1-26-4-6-28(7-5-26)16-19-43(30-12-13-30)37(45)32-25-42(38(46)51-23-21-49-22-24-52-44(47)48)18-17-31(32)29-10-8-27(9-11-29)3-2-20-50-36-34(40)15-14-33(39)35(36)41/h4-11,14-15,30H,2-3,12-13,16-25H2,1H3. The number of carbonyl (C=O) groups excluding carboxylic acids is 2. The zero-order valence-electron chi connectivity index (χ0n) is 29.0. The summed E-state index contributed by atoms with van der Waals surface area (Å²) < 4.78 is 57.1. The Balaban J connectivity index is 1.26. The molecular formula is C38H42F3N3O8. The molecule has 1 heterocycles. The van der Waals surface area contributed by atoms with Crippen LogP contribution in [0.1, 0.15) is 47.9 Å². The highest BCUT2D eigenvalue weighted by molar-refractivity contribution is 6.03. The van der Waals surface area contributed by atoms with Crippen LogP contribution >= 0.6 is 0 Å². The molecular weight excluding hydrogens is 683 g/mol. The Morgan fingerprint density at radius 2 is 1.56 bits per heavy atom. The summed E-state index contributed by atoms with van der Waals surface area (Å²) in [5.41, 5.74) is 5.44. The molecule has 0 unspecified atom stereocenters. The van der Waals surface area contributed by atoms with Crippen molar-refractivity contribution in [3.8, 4) is 5.75 Å². The van der Waals surface area contributed by atoms with Gasteiger partial charge in [0, 0.05) is 24.7 Å². The lowest BCUT2D eigenvalue weighted by atomic mass is 9.91. The van der Waals surface area contributed by atoms with Gasteiger partial charge in [-0.2, -0.15) is 4.39 Å². The Kier molecular flexibility index (Phi) is 13.5. The molecule has 0 bridgehead atoms. The molecule has 0 aromatic heterocycles. The second-order valence-corrected chi connectivity index (χ2v) is 12.7. The van der Waals surface area contributed by atoms with Crippen molar-refractivity contribution < 1.29 is 46.9 Å². The van der Waals surface area contributed by atoms with Gasteiger partial charge in [0.2, 0.25) is 5.82 Å². The SMILES string of the molecule is Cc1ccc(CCN(C(=O)C2=C(c3ccc(CCCOc4c(F)ccc(F)c4F)cc3)CCN(C(=O)OCCOCCO[N+](=O)[O-])C2)C2CC2)cc1. The van der Waals surface area contributed by atoms with Crippen LogP contribution in [0.25, 0.3) is 5.57 Å². The third kappa shape index (κ3) is 10.7. The zero-order chi connectivity index (χ0) is 37.0. The molecule has 1 fully saturated rings. The molecule has 11 nitrogen and oxygen atoms in total. The van der Waals surface area contributed by atoms with Gasteiger partial charge >= 0.3 is 6.09 Å². The number of aryl methyl sites for hydroxylation is 2. The second kappa shape index (κ2) is 18.4. The average molecular weight is 726 g/mol. The van der Waals surface area contributed by atoms with Crippen LogP contribution in [0.5, 0.6) is 5.75 Å². The van der Waals surface area contributed by atoms with E-state index in [1.165, 1.54) is 4.90 Å². The van der Waals surface area contributed by atoms with E-state index in [4.69, 9.17) is 14.2 Å². The number of carbonyl (C=O) groups is 2. The summed E-state index contributed by atoms with van der Waals surface area (Å²) in [7, 11) is 0. The fourth-order valence-corrected chi connectivity index (χ4v) is 5.96. The summed E-state index contributed by atoms with van der Waals surface area (Å²) in [6.07, 6.45) is 3.30. The highest BCUT2D eigenvalue weighted by atomic mass is 19.2. The highest BCUT2D eigenvalue weighted by Gasteiger charge is 2.37. The monoisotopic (exact) mass is 725 g/mol. The molecule has 278 valence electrons. The van der Waals surface area contributed by atoms with Crippen LogP contribution in [0.2, 0.25) is 0 Å². The lowest BCUT2D eigenvalue weighted by Crippen LogP contribution is -2.44. The summed E-state index contributed by atoms with van der Waals surface area (Å²) in [5, 5.41) is 9.34. The number of benzene rings is 3. The summed E-state index contributed by atoms with van der Waals surface area (Å²) in [6.45, 7) is 2.62. The first-order valence-electron chi connectivity index (χ1n) is 17.3. The van der Waals surface area contributed by atoms with E-state index in [1.807, 2.05) is 36.1 Å². The molecule has 0 N–H and O–H groups in total. The van der Waals surface area contributed by atoms with E-state index in [2.05, 4.69) is 29.1 Å². The Morgan fingerprint density at radius 3 is 2.27 bits per heavy atom. The maximum absolute atomic E-state index is 14.4. The van der Waals surface area contributed by atoms with Crippen molar-refractivity contribution >= 4 is 17.6 Å². The number of nitrogens with zero attached hydrogens (tertiary/aromatic N) is 3. The van der Waals surface area contributed by atoms with Crippen molar-refractivity contribution in [2.24, 2.45) is 0 Å². The molecule has 2 amide bonds. The molecule has 52 heavy (non-hydrogen) atoms. The predicted molar refractivity (Wildman–Crippen MR) is 184 cm³/mol. The van der Waals surface area contributed by atoms with Gasteiger partial charge in [0.25, 0.3) is 11.0 Å². The first-order valence-corrected chi connectivity index (χ1v) is 17.3. The summed E-state index contributed by atoms with van der Waals surface area (Å²) in [6, 6.07) is 17.6. The molecule has 14 heteroatoms. The van der Waals surface area contributed by atoms with E-state index in [0.29, 0.717) is 50.4 Å². The van der Waals surface area contributed by atoms with Gasteiger partial charge in [0.15, 0.2) is 17.4 Å². The van der Waals surface area contributed by atoms with Crippen LogP contribution in [-0.2, 0) is 31.9 Å². The van der Waals surface area contributed by atoms with E-state index in [0.717, 1.165) is 46.7 Å². The van der Waals surface area contributed by atoms with E-state index < -0.39 is 34.4 Å². The maximum Gasteiger partial charge on any atom is 0.410 e. The van der Waals surface area contributed by atoms with Crippen molar-refractivity contribution in [1.29, 1.82) is 0 Å². The number of amides is 2. The van der Waals surface area contributed by atoms with Gasteiger partial charge < -0.3 is 28.8 Å². The fourth-order valence-electron chi connectivity index (χ4n) is 5.96. The molecule has 1 aliphatic heterocycles. The molecule has 0 spiro atoms. The lowest BCUT2D eigenvalue weighted by molar-refractivity contribution is -0.758. The zero-order valence-corrected chi connectivity index (χ0v) is 29.0. The Bertz CT molecular complexity index is 1730. The Labute approximate surface area is 300 Å².